The van der Waals surface area contributed by atoms with Gasteiger partial charge in [-0.1, -0.05) is 6.07 Å². The van der Waals surface area contributed by atoms with Crippen molar-refractivity contribution >= 4 is 17.2 Å². The predicted octanol–water partition coefficient (Wildman–Crippen LogP) is 4.35. The molecule has 1 N–H and O–H groups in total. The maximum atomic E-state index is 14.2. The molecule has 0 bridgehead atoms. The van der Waals surface area contributed by atoms with Crippen LogP contribution < -0.4 is 10.1 Å². The van der Waals surface area contributed by atoms with Crippen LogP contribution in [-0.4, -0.2) is 32.8 Å². The summed E-state index contributed by atoms with van der Waals surface area (Å²) in [4.78, 5) is 22.9. The largest absolute Gasteiger partial charge is 0.494 e. The third kappa shape index (κ3) is 3.99. The molecular weight excluding hydrogens is 429 g/mol. The summed E-state index contributed by atoms with van der Waals surface area (Å²) in [5, 5.41) is 9.38. The highest BCUT2D eigenvalue weighted by atomic mass is 32.1. The van der Waals surface area contributed by atoms with E-state index in [1.54, 1.807) is 46.6 Å². The third-order valence-electron chi connectivity index (χ3n) is 5.30. The number of halogens is 1. The van der Waals surface area contributed by atoms with Gasteiger partial charge in [-0.3, -0.25) is 4.79 Å². The van der Waals surface area contributed by atoms with Crippen LogP contribution in [0, 0.1) is 5.82 Å². The Balaban J connectivity index is 1.46. The van der Waals surface area contributed by atoms with Gasteiger partial charge in [-0.25, -0.2) is 19.0 Å². The smallest absolute Gasteiger partial charge is 0.255 e. The van der Waals surface area contributed by atoms with Gasteiger partial charge >= 0.3 is 0 Å². The lowest BCUT2D eigenvalue weighted by Gasteiger charge is -2.10. The Labute approximate surface area is 187 Å². The number of carbonyl (C=O) groups is 1. The molecule has 7 nitrogen and oxygen atoms in total. The molecule has 9 heteroatoms. The summed E-state index contributed by atoms with van der Waals surface area (Å²) in [5.41, 5.74) is 2.50. The van der Waals surface area contributed by atoms with Crippen LogP contribution in [0.15, 0.2) is 54.2 Å². The van der Waals surface area contributed by atoms with Crippen molar-refractivity contribution in [2.45, 2.75) is 25.3 Å². The van der Waals surface area contributed by atoms with Gasteiger partial charge in [-0.15, -0.1) is 11.3 Å². The Kier molecular flexibility index (Phi) is 5.40. The lowest BCUT2D eigenvalue weighted by Crippen LogP contribution is -2.23. The minimum Gasteiger partial charge on any atom is -0.494 e. The van der Waals surface area contributed by atoms with Crippen LogP contribution >= 0.6 is 11.3 Å². The highest BCUT2D eigenvalue weighted by Gasteiger charge is 2.33. The second kappa shape index (κ2) is 8.51. The number of aromatic nitrogens is 4. The Bertz CT molecular complexity index is 1270. The first-order valence-electron chi connectivity index (χ1n) is 10.2. The average Bonchev–Trinajstić information content (AvgIpc) is 3.33. The molecule has 1 fully saturated rings. The Morgan fingerprint density at radius 2 is 2.19 bits per heavy atom. The van der Waals surface area contributed by atoms with E-state index in [0.717, 1.165) is 23.4 Å². The zero-order valence-electron chi connectivity index (χ0n) is 17.3. The highest BCUT2D eigenvalue weighted by Crippen LogP contribution is 2.42. The second-order valence-corrected chi connectivity index (χ2v) is 8.52. The average molecular weight is 450 g/mol. The molecule has 4 aromatic rings. The van der Waals surface area contributed by atoms with Crippen molar-refractivity contribution in [3.8, 4) is 23.0 Å². The summed E-state index contributed by atoms with van der Waals surface area (Å²) in [6.07, 6.45) is 5.15. The molecule has 0 aliphatic heterocycles. The van der Waals surface area contributed by atoms with Gasteiger partial charge in [0, 0.05) is 22.6 Å². The van der Waals surface area contributed by atoms with Crippen LogP contribution in [0.4, 0.5) is 4.39 Å². The summed E-state index contributed by atoms with van der Waals surface area (Å²) in [7, 11) is 1.42. The lowest BCUT2D eigenvalue weighted by atomic mass is 10.1. The molecule has 0 spiro atoms. The molecule has 5 rings (SSSR count). The molecule has 1 aliphatic rings. The summed E-state index contributed by atoms with van der Waals surface area (Å²) in [6.45, 7) is 0.473. The first kappa shape index (κ1) is 20.3. The Morgan fingerprint density at radius 1 is 1.31 bits per heavy atom. The SMILES string of the molecule is COc1ccc(-c2ccnc(-n3ncc(C(=O)NCc4cccs4)c3C3CC3)n2)cc1F. The molecule has 1 aliphatic carbocycles. The van der Waals surface area contributed by atoms with E-state index in [-0.39, 0.29) is 17.6 Å². The zero-order valence-corrected chi connectivity index (χ0v) is 18.1. The molecule has 1 amide bonds. The van der Waals surface area contributed by atoms with Crippen molar-refractivity contribution < 1.29 is 13.9 Å². The van der Waals surface area contributed by atoms with Gasteiger partial charge in [0.15, 0.2) is 11.6 Å². The molecule has 1 aromatic carbocycles. The molecule has 0 radical (unpaired) electrons. The predicted molar refractivity (Wildman–Crippen MR) is 119 cm³/mol. The van der Waals surface area contributed by atoms with E-state index in [1.807, 2.05) is 17.5 Å². The number of benzene rings is 1. The first-order chi connectivity index (χ1) is 15.6. The highest BCUT2D eigenvalue weighted by molar-refractivity contribution is 7.09. The molecule has 0 saturated heterocycles. The van der Waals surface area contributed by atoms with Crippen LogP contribution in [0.25, 0.3) is 17.2 Å². The van der Waals surface area contributed by atoms with Crippen molar-refractivity contribution in [1.29, 1.82) is 0 Å². The van der Waals surface area contributed by atoms with Gasteiger partial charge in [0.05, 0.1) is 36.8 Å². The number of hydrogen-bond acceptors (Lipinski definition) is 6. The van der Waals surface area contributed by atoms with Crippen LogP contribution in [0.1, 0.15) is 39.7 Å². The number of methoxy groups -OCH3 is 1. The number of rotatable bonds is 7. The molecule has 3 heterocycles. The van der Waals surface area contributed by atoms with Gasteiger partial charge in [0.2, 0.25) is 0 Å². The summed E-state index contributed by atoms with van der Waals surface area (Å²) < 4.78 is 20.8. The van der Waals surface area contributed by atoms with E-state index in [2.05, 4.69) is 20.4 Å². The molecule has 162 valence electrons. The van der Waals surface area contributed by atoms with Crippen LogP contribution in [-0.2, 0) is 6.54 Å². The molecule has 3 aromatic heterocycles. The van der Waals surface area contributed by atoms with Crippen molar-refractivity contribution in [3.63, 3.8) is 0 Å². The maximum absolute atomic E-state index is 14.2. The Morgan fingerprint density at radius 3 is 2.91 bits per heavy atom. The van der Waals surface area contributed by atoms with E-state index < -0.39 is 5.82 Å². The maximum Gasteiger partial charge on any atom is 0.255 e. The standard InChI is InChI=1S/C23H20FN5O2S/c1-31-20-7-6-15(11-18(20)24)19-8-9-25-23(28-19)29-21(14-4-5-14)17(13-27-29)22(30)26-12-16-3-2-10-32-16/h2-3,6-11,13-14H,4-5,12H2,1H3,(H,26,30). The lowest BCUT2D eigenvalue weighted by molar-refractivity contribution is 0.0950. The van der Waals surface area contributed by atoms with E-state index in [0.29, 0.717) is 29.3 Å². The van der Waals surface area contributed by atoms with Crippen molar-refractivity contribution in [2.75, 3.05) is 7.11 Å². The number of nitrogens with one attached hydrogen (secondary N) is 1. The molecule has 0 atom stereocenters. The first-order valence-corrected chi connectivity index (χ1v) is 11.1. The summed E-state index contributed by atoms with van der Waals surface area (Å²) >= 11 is 1.60. The second-order valence-electron chi connectivity index (χ2n) is 7.48. The number of ether oxygens (including phenoxy) is 1. The van der Waals surface area contributed by atoms with Crippen molar-refractivity contribution in [1.82, 2.24) is 25.1 Å². The minimum atomic E-state index is -0.465. The van der Waals surface area contributed by atoms with E-state index in [4.69, 9.17) is 4.74 Å². The van der Waals surface area contributed by atoms with Gasteiger partial charge in [-0.2, -0.15) is 5.10 Å². The van der Waals surface area contributed by atoms with E-state index in [1.165, 1.54) is 13.2 Å². The number of hydrogen-bond donors (Lipinski definition) is 1. The molecule has 0 unspecified atom stereocenters. The number of amides is 1. The third-order valence-corrected chi connectivity index (χ3v) is 6.17. The zero-order chi connectivity index (χ0) is 22.1. The number of carbonyl (C=O) groups excluding carboxylic acids is 1. The van der Waals surface area contributed by atoms with E-state index in [9.17, 15) is 9.18 Å². The fourth-order valence-corrected chi connectivity index (χ4v) is 4.20. The summed E-state index contributed by atoms with van der Waals surface area (Å²) in [5.74, 6) is 0.125. The Hall–Kier alpha value is -3.59. The van der Waals surface area contributed by atoms with Crippen LogP contribution in [0.3, 0.4) is 0 Å². The number of thiophene rings is 1. The van der Waals surface area contributed by atoms with Gasteiger partial charge in [0.1, 0.15) is 0 Å². The van der Waals surface area contributed by atoms with Crippen LogP contribution in [0.2, 0.25) is 0 Å². The fourth-order valence-electron chi connectivity index (χ4n) is 3.55. The molecule has 1 saturated carbocycles. The quantitative estimate of drug-likeness (QED) is 0.454. The topological polar surface area (TPSA) is 81.9 Å². The minimum absolute atomic E-state index is 0.167. The monoisotopic (exact) mass is 449 g/mol. The van der Waals surface area contributed by atoms with Crippen LogP contribution in [0.5, 0.6) is 5.75 Å². The van der Waals surface area contributed by atoms with Gasteiger partial charge in [-0.05, 0) is 48.6 Å². The van der Waals surface area contributed by atoms with Gasteiger partial charge < -0.3 is 10.1 Å². The normalized spacial score (nSPS) is 13.2. The fraction of sp³-hybridized carbons (Fsp3) is 0.217. The van der Waals surface area contributed by atoms with Crippen molar-refractivity contribution in [2.24, 2.45) is 0 Å². The number of nitrogens with zero attached hydrogens (tertiary/aromatic N) is 4. The molecule has 32 heavy (non-hydrogen) atoms. The van der Waals surface area contributed by atoms with Crippen molar-refractivity contribution in [3.05, 3.63) is 76.1 Å². The van der Waals surface area contributed by atoms with Gasteiger partial charge in [0.25, 0.3) is 11.9 Å². The molecular formula is C23H20FN5O2S. The summed E-state index contributed by atoms with van der Waals surface area (Å²) in [6, 6.07) is 10.3. The van der Waals surface area contributed by atoms with E-state index >= 15 is 0 Å².